The SMILES string of the molecule is O=CO.O[C@@H]1C[C@H]2CN(Cc3ccc(C4CCCC4)s3)C[C@H]2C[C@H]1n1cncn1. The third-order valence-corrected chi connectivity index (χ3v) is 8.01. The number of thiophene rings is 1. The summed E-state index contributed by atoms with van der Waals surface area (Å²) in [5.74, 6) is 2.12. The number of carboxylic acid groups (broad SMARTS) is 1. The Morgan fingerprint density at radius 1 is 1.17 bits per heavy atom. The number of hydrogen-bond donors (Lipinski definition) is 2. The zero-order valence-corrected chi connectivity index (χ0v) is 17.5. The summed E-state index contributed by atoms with van der Waals surface area (Å²) in [6.45, 7) is 3.11. The van der Waals surface area contributed by atoms with Gasteiger partial charge in [-0.3, -0.25) is 9.69 Å². The topological polar surface area (TPSA) is 91.5 Å². The maximum absolute atomic E-state index is 10.6. The van der Waals surface area contributed by atoms with Gasteiger partial charge in [-0.05, 0) is 55.6 Å². The number of aromatic nitrogens is 3. The molecular formula is C21H30N4O3S. The minimum Gasteiger partial charge on any atom is -0.483 e. The third-order valence-electron chi connectivity index (χ3n) is 6.78. The molecule has 0 aromatic carbocycles. The molecular weight excluding hydrogens is 388 g/mol. The summed E-state index contributed by atoms with van der Waals surface area (Å²) in [5, 5.41) is 21.7. The molecule has 29 heavy (non-hydrogen) atoms. The molecule has 3 heterocycles. The third kappa shape index (κ3) is 4.70. The van der Waals surface area contributed by atoms with E-state index in [1.807, 2.05) is 16.0 Å². The molecule has 0 radical (unpaired) electrons. The summed E-state index contributed by atoms with van der Waals surface area (Å²) in [6.07, 6.45) is 10.5. The number of rotatable bonds is 4. The number of aliphatic hydroxyl groups is 1. The summed E-state index contributed by atoms with van der Waals surface area (Å²) in [4.78, 5) is 18.1. The number of hydrogen-bond acceptors (Lipinski definition) is 6. The van der Waals surface area contributed by atoms with Crippen molar-refractivity contribution in [3.63, 3.8) is 0 Å². The van der Waals surface area contributed by atoms with Crippen LogP contribution in [0.4, 0.5) is 0 Å². The van der Waals surface area contributed by atoms with Crippen molar-refractivity contribution < 1.29 is 15.0 Å². The van der Waals surface area contributed by atoms with Crippen LogP contribution in [-0.4, -0.2) is 55.5 Å². The molecule has 8 heteroatoms. The van der Waals surface area contributed by atoms with Gasteiger partial charge in [0.05, 0.1) is 12.1 Å². The molecule has 5 rings (SSSR count). The molecule has 2 aromatic rings. The number of nitrogens with zero attached hydrogens (tertiary/aromatic N) is 4. The fourth-order valence-electron chi connectivity index (χ4n) is 5.44. The average molecular weight is 419 g/mol. The molecule has 158 valence electrons. The largest absolute Gasteiger partial charge is 0.483 e. The Bertz CT molecular complexity index is 775. The van der Waals surface area contributed by atoms with Crippen molar-refractivity contribution in [3.8, 4) is 0 Å². The van der Waals surface area contributed by atoms with Crippen molar-refractivity contribution in [3.05, 3.63) is 34.5 Å². The van der Waals surface area contributed by atoms with Crippen molar-refractivity contribution in [2.24, 2.45) is 11.8 Å². The Kier molecular flexibility index (Phi) is 6.62. The smallest absolute Gasteiger partial charge is 0.290 e. The molecule has 3 aliphatic rings. The van der Waals surface area contributed by atoms with Crippen molar-refractivity contribution in [1.29, 1.82) is 0 Å². The minimum absolute atomic E-state index is 0.0920. The Labute approximate surface area is 175 Å². The standard InChI is InChI=1S/C20H28N4OS.CH2O2/c25-19-8-16-10-23(9-15(16)7-18(19)24-13-21-12-22-24)11-17-5-6-20(26-17)14-3-1-2-4-14;2-1-3/h5-6,12-16,18-19,25H,1-4,7-11H2;1H,(H,2,3)/t15-,16+,18-,19-;/m1./s1. The second-order valence-corrected chi connectivity index (χ2v) is 9.79. The predicted molar refractivity (Wildman–Crippen MR) is 111 cm³/mol. The van der Waals surface area contributed by atoms with Gasteiger partial charge in [0.2, 0.25) is 0 Å². The molecule has 4 atom stereocenters. The average Bonchev–Trinajstić information content (AvgIpc) is 3.48. The van der Waals surface area contributed by atoms with Crippen LogP contribution in [0.2, 0.25) is 0 Å². The lowest BCUT2D eigenvalue weighted by molar-refractivity contribution is -0.122. The highest BCUT2D eigenvalue weighted by Gasteiger charge is 2.42. The molecule has 0 spiro atoms. The lowest BCUT2D eigenvalue weighted by atomic mass is 9.77. The summed E-state index contributed by atoms with van der Waals surface area (Å²) in [5.41, 5.74) is 0. The highest BCUT2D eigenvalue weighted by Crippen LogP contribution is 2.42. The zero-order valence-electron chi connectivity index (χ0n) is 16.6. The van der Waals surface area contributed by atoms with Crippen LogP contribution in [0.25, 0.3) is 0 Å². The zero-order chi connectivity index (χ0) is 20.2. The summed E-state index contributed by atoms with van der Waals surface area (Å²) in [6, 6.07) is 4.83. The molecule has 1 saturated heterocycles. The number of fused-ring (bicyclic) bond motifs is 1. The quantitative estimate of drug-likeness (QED) is 0.741. The number of likely N-dealkylation sites (tertiary alicyclic amines) is 1. The fraction of sp³-hybridized carbons (Fsp3) is 0.667. The van der Waals surface area contributed by atoms with Crippen LogP contribution in [0.15, 0.2) is 24.8 Å². The van der Waals surface area contributed by atoms with E-state index in [9.17, 15) is 5.11 Å². The molecule has 7 nitrogen and oxygen atoms in total. The summed E-state index contributed by atoms with van der Waals surface area (Å²) < 4.78 is 1.86. The van der Waals surface area contributed by atoms with Gasteiger partial charge in [0, 0.05) is 29.4 Å². The molecule has 0 amide bonds. The van der Waals surface area contributed by atoms with Crippen LogP contribution in [0.5, 0.6) is 0 Å². The molecule has 1 aliphatic heterocycles. The maximum atomic E-state index is 10.6. The highest BCUT2D eigenvalue weighted by molar-refractivity contribution is 7.12. The van der Waals surface area contributed by atoms with Crippen LogP contribution in [-0.2, 0) is 11.3 Å². The van der Waals surface area contributed by atoms with Gasteiger partial charge in [-0.2, -0.15) is 5.10 Å². The van der Waals surface area contributed by atoms with E-state index in [1.165, 1.54) is 30.6 Å². The first-order valence-electron chi connectivity index (χ1n) is 10.6. The molecule has 0 bridgehead atoms. The minimum atomic E-state index is -0.298. The fourth-order valence-corrected chi connectivity index (χ4v) is 6.66. The van der Waals surface area contributed by atoms with E-state index in [0.717, 1.165) is 38.4 Å². The van der Waals surface area contributed by atoms with Crippen LogP contribution >= 0.6 is 11.3 Å². The number of carbonyl (C=O) groups is 1. The van der Waals surface area contributed by atoms with Crippen LogP contribution in [0.3, 0.4) is 0 Å². The Balaban J connectivity index is 0.000000645. The molecule has 2 saturated carbocycles. The van der Waals surface area contributed by atoms with E-state index >= 15 is 0 Å². The first-order valence-corrected chi connectivity index (χ1v) is 11.4. The molecule has 2 aromatic heterocycles. The van der Waals surface area contributed by atoms with E-state index in [1.54, 1.807) is 17.5 Å². The summed E-state index contributed by atoms with van der Waals surface area (Å²) >= 11 is 2.04. The summed E-state index contributed by atoms with van der Waals surface area (Å²) in [7, 11) is 0. The van der Waals surface area contributed by atoms with Crippen molar-refractivity contribution in [2.45, 2.75) is 63.1 Å². The second-order valence-electron chi connectivity index (χ2n) is 8.59. The van der Waals surface area contributed by atoms with Crippen molar-refractivity contribution in [2.75, 3.05) is 13.1 Å². The monoisotopic (exact) mass is 418 g/mol. The molecule has 2 N–H and O–H groups in total. The number of aliphatic hydroxyl groups excluding tert-OH is 1. The lowest BCUT2D eigenvalue weighted by Gasteiger charge is -2.35. The van der Waals surface area contributed by atoms with Crippen molar-refractivity contribution in [1.82, 2.24) is 19.7 Å². The normalized spacial score (nSPS) is 30.0. The Hall–Kier alpha value is -1.77. The van der Waals surface area contributed by atoms with Gasteiger partial charge in [-0.1, -0.05) is 12.8 Å². The van der Waals surface area contributed by atoms with E-state index in [2.05, 4.69) is 27.1 Å². The second kappa shape index (κ2) is 9.36. The van der Waals surface area contributed by atoms with Gasteiger partial charge >= 0.3 is 0 Å². The van der Waals surface area contributed by atoms with E-state index in [0.29, 0.717) is 11.8 Å². The molecule has 0 unspecified atom stereocenters. The first kappa shape index (κ1) is 20.5. The van der Waals surface area contributed by atoms with Gasteiger partial charge in [-0.25, -0.2) is 9.67 Å². The van der Waals surface area contributed by atoms with E-state index < -0.39 is 0 Å². The van der Waals surface area contributed by atoms with E-state index in [-0.39, 0.29) is 18.6 Å². The Morgan fingerprint density at radius 3 is 2.59 bits per heavy atom. The van der Waals surface area contributed by atoms with Gasteiger partial charge in [0.1, 0.15) is 12.7 Å². The lowest BCUT2D eigenvalue weighted by Crippen LogP contribution is -2.36. The van der Waals surface area contributed by atoms with Crippen LogP contribution < -0.4 is 0 Å². The first-order chi connectivity index (χ1) is 14.2. The van der Waals surface area contributed by atoms with Crippen molar-refractivity contribution >= 4 is 17.8 Å². The van der Waals surface area contributed by atoms with Crippen LogP contribution in [0, 0.1) is 11.8 Å². The van der Waals surface area contributed by atoms with Gasteiger partial charge in [-0.15, -0.1) is 11.3 Å². The van der Waals surface area contributed by atoms with Gasteiger partial charge < -0.3 is 10.2 Å². The van der Waals surface area contributed by atoms with E-state index in [4.69, 9.17) is 9.90 Å². The Morgan fingerprint density at radius 2 is 1.90 bits per heavy atom. The molecule has 3 fully saturated rings. The predicted octanol–water partition coefficient (Wildman–Crippen LogP) is 3.14. The highest BCUT2D eigenvalue weighted by atomic mass is 32.1. The van der Waals surface area contributed by atoms with Crippen LogP contribution in [0.1, 0.15) is 60.2 Å². The molecule has 2 aliphatic carbocycles. The van der Waals surface area contributed by atoms with Gasteiger partial charge in [0.15, 0.2) is 0 Å². The maximum Gasteiger partial charge on any atom is 0.290 e. The van der Waals surface area contributed by atoms with Gasteiger partial charge in [0.25, 0.3) is 6.47 Å².